The Balaban J connectivity index is 2.50. The van der Waals surface area contributed by atoms with E-state index in [0.29, 0.717) is 29.7 Å². The van der Waals surface area contributed by atoms with Crippen LogP contribution in [0.5, 0.6) is 0 Å². The normalized spacial score (nSPS) is 10.7. The Morgan fingerprint density at radius 1 is 1.45 bits per heavy atom. The summed E-state index contributed by atoms with van der Waals surface area (Å²) in [7, 11) is 3.31. The quantitative estimate of drug-likeness (QED) is 0.628. The van der Waals surface area contributed by atoms with Crippen molar-refractivity contribution >= 4 is 22.5 Å². The van der Waals surface area contributed by atoms with Gasteiger partial charge in [0.15, 0.2) is 0 Å². The number of hydrogen-bond donors (Lipinski definition) is 2. The molecule has 0 bridgehead atoms. The fourth-order valence-electron chi connectivity index (χ4n) is 2.08. The highest BCUT2D eigenvalue weighted by Crippen LogP contribution is 2.17. The van der Waals surface area contributed by atoms with E-state index < -0.39 is 5.91 Å². The lowest BCUT2D eigenvalue weighted by molar-refractivity contribution is 0.0935. The summed E-state index contributed by atoms with van der Waals surface area (Å²) < 4.78 is 6.57. The van der Waals surface area contributed by atoms with Crippen LogP contribution in [0.3, 0.4) is 0 Å². The van der Waals surface area contributed by atoms with Crippen LogP contribution in [0.15, 0.2) is 29.2 Å². The number of anilines is 1. The number of benzene rings is 1. The van der Waals surface area contributed by atoms with Gasteiger partial charge in [0.05, 0.1) is 17.5 Å². The molecule has 0 aliphatic carbocycles. The maximum Gasteiger partial charge on any atom is 0.256 e. The van der Waals surface area contributed by atoms with Crippen molar-refractivity contribution in [1.29, 1.82) is 0 Å². The first kappa shape index (κ1) is 14.1. The molecule has 0 spiro atoms. The maximum atomic E-state index is 12.4. The molecule has 2 rings (SSSR count). The van der Waals surface area contributed by atoms with E-state index >= 15 is 0 Å². The number of rotatable bonds is 4. The number of nitrogens with two attached hydrogens (primary N) is 1. The van der Waals surface area contributed by atoms with Crippen molar-refractivity contribution < 1.29 is 9.53 Å². The molecule has 0 unspecified atom stereocenters. The SMILES string of the molecule is COCCNC(=O)c1cn(C)c2cccc(N)c2c1=O. The summed E-state index contributed by atoms with van der Waals surface area (Å²) in [6.45, 7) is 0.739. The Kier molecular flexibility index (Phi) is 4.05. The zero-order valence-electron chi connectivity index (χ0n) is 11.5. The number of nitrogens with one attached hydrogen (secondary N) is 1. The number of ether oxygens (including phenoxy) is 1. The van der Waals surface area contributed by atoms with Crippen LogP contribution in [0.2, 0.25) is 0 Å². The summed E-state index contributed by atoms with van der Waals surface area (Å²) in [5.74, 6) is -0.423. The Hall–Kier alpha value is -2.34. The number of fused-ring (bicyclic) bond motifs is 1. The third-order valence-corrected chi connectivity index (χ3v) is 3.09. The molecule has 2 aromatic rings. The van der Waals surface area contributed by atoms with Crippen LogP contribution >= 0.6 is 0 Å². The predicted octanol–water partition coefficient (Wildman–Crippen LogP) is 0.497. The zero-order chi connectivity index (χ0) is 14.7. The molecule has 1 aromatic carbocycles. The third-order valence-electron chi connectivity index (χ3n) is 3.09. The van der Waals surface area contributed by atoms with Crippen LogP contribution in [-0.2, 0) is 11.8 Å². The van der Waals surface area contributed by atoms with Crippen molar-refractivity contribution in [3.05, 3.63) is 40.2 Å². The Morgan fingerprint density at radius 3 is 2.90 bits per heavy atom. The molecule has 0 fully saturated rings. The largest absolute Gasteiger partial charge is 0.398 e. The Morgan fingerprint density at radius 2 is 2.20 bits per heavy atom. The average Bonchev–Trinajstić information content (AvgIpc) is 2.42. The van der Waals surface area contributed by atoms with E-state index in [1.54, 1.807) is 36.9 Å². The second-order valence-corrected chi connectivity index (χ2v) is 4.47. The van der Waals surface area contributed by atoms with E-state index in [9.17, 15) is 9.59 Å². The number of carbonyl (C=O) groups is 1. The Bertz CT molecular complexity index is 707. The molecule has 1 amide bonds. The fourth-order valence-corrected chi connectivity index (χ4v) is 2.08. The van der Waals surface area contributed by atoms with E-state index in [4.69, 9.17) is 10.5 Å². The molecule has 20 heavy (non-hydrogen) atoms. The van der Waals surface area contributed by atoms with Crippen molar-refractivity contribution in [3.63, 3.8) is 0 Å². The third kappa shape index (κ3) is 2.50. The monoisotopic (exact) mass is 275 g/mol. The maximum absolute atomic E-state index is 12.4. The lowest BCUT2D eigenvalue weighted by Gasteiger charge is -2.10. The lowest BCUT2D eigenvalue weighted by Crippen LogP contribution is -2.32. The summed E-state index contributed by atoms with van der Waals surface area (Å²) in [5.41, 5.74) is 6.64. The summed E-state index contributed by atoms with van der Waals surface area (Å²) in [6, 6.07) is 5.21. The Labute approximate surface area is 116 Å². The first-order valence-corrected chi connectivity index (χ1v) is 6.21. The fraction of sp³-hybridized carbons (Fsp3) is 0.286. The topological polar surface area (TPSA) is 86.3 Å². The van der Waals surface area contributed by atoms with Crippen LogP contribution in [-0.4, -0.2) is 30.7 Å². The predicted molar refractivity (Wildman–Crippen MR) is 77.8 cm³/mol. The van der Waals surface area contributed by atoms with Gasteiger partial charge in [-0.15, -0.1) is 0 Å². The summed E-state index contributed by atoms with van der Waals surface area (Å²) >= 11 is 0. The first-order valence-electron chi connectivity index (χ1n) is 6.21. The molecule has 3 N–H and O–H groups in total. The number of aromatic nitrogens is 1. The average molecular weight is 275 g/mol. The van der Waals surface area contributed by atoms with Gasteiger partial charge in [-0.05, 0) is 12.1 Å². The number of pyridine rings is 1. The van der Waals surface area contributed by atoms with Crippen LogP contribution in [0, 0.1) is 0 Å². The summed E-state index contributed by atoms with van der Waals surface area (Å²) in [6.07, 6.45) is 1.52. The second-order valence-electron chi connectivity index (χ2n) is 4.47. The molecular formula is C14H17N3O3. The zero-order valence-corrected chi connectivity index (χ0v) is 11.5. The van der Waals surface area contributed by atoms with Gasteiger partial charge in [0, 0.05) is 32.6 Å². The standard InChI is InChI=1S/C14H17N3O3/c1-17-8-9(14(19)16-6-7-20-2)13(18)12-10(15)4-3-5-11(12)17/h3-5,8H,6-7,15H2,1-2H3,(H,16,19). The minimum Gasteiger partial charge on any atom is -0.398 e. The van der Waals surface area contributed by atoms with Gasteiger partial charge < -0.3 is 20.4 Å². The number of aryl methyl sites for hydroxylation is 1. The van der Waals surface area contributed by atoms with Gasteiger partial charge in [-0.2, -0.15) is 0 Å². The van der Waals surface area contributed by atoms with Crippen LogP contribution < -0.4 is 16.5 Å². The van der Waals surface area contributed by atoms with E-state index in [1.165, 1.54) is 6.20 Å². The first-order chi connectivity index (χ1) is 9.56. The van der Waals surface area contributed by atoms with E-state index in [0.717, 1.165) is 0 Å². The molecule has 0 aliphatic heterocycles. The van der Waals surface area contributed by atoms with E-state index in [2.05, 4.69) is 5.32 Å². The van der Waals surface area contributed by atoms with E-state index in [-0.39, 0.29) is 11.0 Å². The number of nitrogens with zero attached hydrogens (tertiary/aromatic N) is 1. The molecule has 0 saturated heterocycles. The van der Waals surface area contributed by atoms with Gasteiger partial charge in [-0.3, -0.25) is 9.59 Å². The van der Waals surface area contributed by atoms with Gasteiger partial charge >= 0.3 is 0 Å². The number of amides is 1. The highest BCUT2D eigenvalue weighted by Gasteiger charge is 2.15. The van der Waals surface area contributed by atoms with Crippen LogP contribution in [0.25, 0.3) is 10.9 Å². The molecule has 1 heterocycles. The molecule has 0 aliphatic rings. The minimum atomic E-state index is -0.423. The molecule has 106 valence electrons. The molecule has 6 nitrogen and oxygen atoms in total. The number of carbonyl (C=O) groups excluding carboxylic acids is 1. The lowest BCUT2D eigenvalue weighted by atomic mass is 10.1. The van der Waals surface area contributed by atoms with Crippen molar-refractivity contribution in [3.8, 4) is 0 Å². The van der Waals surface area contributed by atoms with Gasteiger partial charge in [-0.25, -0.2) is 0 Å². The summed E-state index contributed by atoms with van der Waals surface area (Å²) in [4.78, 5) is 24.4. The van der Waals surface area contributed by atoms with Crippen molar-refractivity contribution in [2.45, 2.75) is 0 Å². The van der Waals surface area contributed by atoms with Gasteiger partial charge in [0.25, 0.3) is 5.91 Å². The van der Waals surface area contributed by atoms with Crippen LogP contribution in [0.1, 0.15) is 10.4 Å². The molecule has 0 atom stereocenters. The van der Waals surface area contributed by atoms with Gasteiger partial charge in [-0.1, -0.05) is 6.07 Å². The van der Waals surface area contributed by atoms with Crippen molar-refractivity contribution in [2.24, 2.45) is 7.05 Å². The van der Waals surface area contributed by atoms with Crippen molar-refractivity contribution in [1.82, 2.24) is 9.88 Å². The molecule has 1 aromatic heterocycles. The molecular weight excluding hydrogens is 258 g/mol. The number of hydrogen-bond acceptors (Lipinski definition) is 4. The molecule has 0 radical (unpaired) electrons. The van der Waals surface area contributed by atoms with E-state index in [1.807, 2.05) is 0 Å². The van der Waals surface area contributed by atoms with Gasteiger partial charge in [0.2, 0.25) is 5.43 Å². The summed E-state index contributed by atoms with van der Waals surface area (Å²) in [5, 5.41) is 3.00. The highest BCUT2D eigenvalue weighted by molar-refractivity contribution is 6.00. The van der Waals surface area contributed by atoms with Crippen molar-refractivity contribution in [2.75, 3.05) is 26.0 Å². The number of nitrogen functional groups attached to an aromatic ring is 1. The smallest absolute Gasteiger partial charge is 0.256 e. The molecule has 0 saturated carbocycles. The van der Waals surface area contributed by atoms with Gasteiger partial charge in [0.1, 0.15) is 5.56 Å². The number of methoxy groups -OCH3 is 1. The molecule has 6 heteroatoms. The second kappa shape index (κ2) is 5.75. The minimum absolute atomic E-state index is 0.0778. The highest BCUT2D eigenvalue weighted by atomic mass is 16.5. The van der Waals surface area contributed by atoms with Crippen LogP contribution in [0.4, 0.5) is 5.69 Å².